The Morgan fingerprint density at radius 3 is 2.73 bits per heavy atom. The summed E-state index contributed by atoms with van der Waals surface area (Å²) < 4.78 is 5.81. The van der Waals surface area contributed by atoms with Gasteiger partial charge in [0.2, 0.25) is 0 Å². The number of hydrogen-bond donors (Lipinski definition) is 2. The maximum Gasteiger partial charge on any atom is 0.265 e. The lowest BCUT2D eigenvalue weighted by Gasteiger charge is -2.29. The molecule has 1 aromatic carbocycles. The smallest absolute Gasteiger partial charge is 0.265 e. The third kappa shape index (κ3) is 5.51. The van der Waals surface area contributed by atoms with Gasteiger partial charge in [0, 0.05) is 48.6 Å². The van der Waals surface area contributed by atoms with E-state index in [0.29, 0.717) is 81.7 Å². The molecule has 2 N–H and O–H groups in total. The zero-order valence-electron chi connectivity index (χ0n) is 22.2. The van der Waals surface area contributed by atoms with E-state index in [-0.39, 0.29) is 36.8 Å². The standard InChI is InChI=1S/C29H28ClN7O3/c1-16(2)7-23-21(10-31)28(22(11-32)29(36-23)35-19-4-5-20(38)9-19)17-3-6-24-25(8-17)40-15-27(39)37(24)14-26-33-12-18(30)13-34-26/h3,6,8,11-13,16,19,32H,4-5,7,9,14-15H2,1-2H3,(H,35,36). The van der Waals surface area contributed by atoms with Gasteiger partial charge in [-0.3, -0.25) is 14.5 Å². The molecule has 3 heterocycles. The lowest BCUT2D eigenvalue weighted by Crippen LogP contribution is -2.38. The number of nitriles is 1. The fraction of sp³-hybridized carbons (Fsp3) is 0.345. The van der Waals surface area contributed by atoms with Crippen LogP contribution in [0.25, 0.3) is 11.1 Å². The van der Waals surface area contributed by atoms with E-state index in [4.69, 9.17) is 26.7 Å². The summed E-state index contributed by atoms with van der Waals surface area (Å²) >= 11 is 5.90. The van der Waals surface area contributed by atoms with Crippen LogP contribution in [-0.4, -0.2) is 45.5 Å². The number of anilines is 2. The van der Waals surface area contributed by atoms with E-state index in [2.05, 4.69) is 35.2 Å². The average Bonchev–Trinajstić information content (AvgIpc) is 3.34. The Balaban J connectivity index is 1.60. The maximum absolute atomic E-state index is 12.8. The molecule has 204 valence electrons. The molecule has 10 nitrogen and oxygen atoms in total. The summed E-state index contributed by atoms with van der Waals surface area (Å²) in [7, 11) is 0. The normalized spacial score (nSPS) is 16.5. The second-order valence-electron chi connectivity index (χ2n) is 10.3. The summed E-state index contributed by atoms with van der Waals surface area (Å²) in [5.74, 6) is 1.57. The first-order valence-electron chi connectivity index (χ1n) is 13.1. The van der Waals surface area contributed by atoms with Crippen molar-refractivity contribution in [2.24, 2.45) is 5.92 Å². The third-order valence-corrected chi connectivity index (χ3v) is 7.11. The summed E-state index contributed by atoms with van der Waals surface area (Å²) in [4.78, 5) is 39.4. The molecule has 11 heteroatoms. The molecule has 0 saturated heterocycles. The SMILES string of the molecule is CC(C)Cc1nc(NC2CCC(=O)C2)c(C=N)c(-c2ccc3c(c2)OCC(=O)N3Cc2ncc(Cl)cn2)c1C#N. The van der Waals surface area contributed by atoms with Gasteiger partial charge in [0.15, 0.2) is 6.61 Å². The minimum atomic E-state index is -0.238. The summed E-state index contributed by atoms with van der Waals surface area (Å²) in [6.07, 6.45) is 6.33. The van der Waals surface area contributed by atoms with Crippen LogP contribution in [0.3, 0.4) is 0 Å². The van der Waals surface area contributed by atoms with Crippen LogP contribution in [0.2, 0.25) is 5.02 Å². The van der Waals surface area contributed by atoms with Crippen molar-refractivity contribution in [2.45, 2.75) is 52.1 Å². The predicted molar refractivity (Wildman–Crippen MR) is 151 cm³/mol. The Bertz CT molecular complexity index is 1530. The molecule has 3 aromatic rings. The van der Waals surface area contributed by atoms with Crippen LogP contribution in [-0.2, 0) is 22.6 Å². The highest BCUT2D eigenvalue weighted by Crippen LogP contribution is 2.40. The van der Waals surface area contributed by atoms with Crippen molar-refractivity contribution in [1.82, 2.24) is 15.0 Å². The number of aromatic nitrogens is 3. The number of Topliss-reactive ketones (excluding diaryl/α,β-unsaturated/α-hetero) is 1. The molecule has 1 aliphatic heterocycles. The van der Waals surface area contributed by atoms with Gasteiger partial charge < -0.3 is 15.5 Å². The molecule has 1 saturated carbocycles. The van der Waals surface area contributed by atoms with E-state index >= 15 is 0 Å². The van der Waals surface area contributed by atoms with Gasteiger partial charge in [-0.25, -0.2) is 15.0 Å². The number of rotatable bonds is 8. The number of ether oxygens (including phenoxy) is 1. The largest absolute Gasteiger partial charge is 0.482 e. The first-order valence-corrected chi connectivity index (χ1v) is 13.4. The number of benzene rings is 1. The summed E-state index contributed by atoms with van der Waals surface area (Å²) in [5.41, 5.74) is 3.24. The quantitative estimate of drug-likeness (QED) is 0.378. The van der Waals surface area contributed by atoms with Crippen LogP contribution < -0.4 is 15.0 Å². The van der Waals surface area contributed by atoms with E-state index in [1.165, 1.54) is 18.6 Å². The Hall–Kier alpha value is -4.36. The highest BCUT2D eigenvalue weighted by Gasteiger charge is 2.29. The summed E-state index contributed by atoms with van der Waals surface area (Å²) in [5, 5.41) is 22.3. The van der Waals surface area contributed by atoms with Crippen LogP contribution in [0, 0.1) is 22.7 Å². The van der Waals surface area contributed by atoms with Gasteiger partial charge >= 0.3 is 0 Å². The van der Waals surface area contributed by atoms with Crippen LogP contribution in [0.4, 0.5) is 11.5 Å². The van der Waals surface area contributed by atoms with E-state index in [9.17, 15) is 14.9 Å². The molecule has 1 amide bonds. The van der Waals surface area contributed by atoms with Gasteiger partial charge in [-0.1, -0.05) is 31.5 Å². The topological polar surface area (TPSA) is 145 Å². The number of pyridine rings is 1. The van der Waals surface area contributed by atoms with Crippen molar-refractivity contribution in [1.29, 1.82) is 10.7 Å². The van der Waals surface area contributed by atoms with Gasteiger partial charge in [-0.05, 0) is 36.5 Å². The van der Waals surface area contributed by atoms with Gasteiger partial charge in [0.1, 0.15) is 29.2 Å². The highest BCUT2D eigenvalue weighted by molar-refractivity contribution is 6.30. The number of amides is 1. The molecular formula is C29H28ClN7O3. The number of fused-ring (bicyclic) bond motifs is 1. The van der Waals surface area contributed by atoms with Crippen molar-refractivity contribution in [3.8, 4) is 22.9 Å². The van der Waals surface area contributed by atoms with Crippen LogP contribution in [0.5, 0.6) is 5.75 Å². The minimum Gasteiger partial charge on any atom is -0.482 e. The van der Waals surface area contributed by atoms with E-state index in [1.54, 1.807) is 17.0 Å². The second kappa shape index (κ2) is 11.4. The average molecular weight is 558 g/mol. The maximum atomic E-state index is 12.8. The van der Waals surface area contributed by atoms with E-state index in [0.717, 1.165) is 0 Å². The fourth-order valence-corrected chi connectivity index (χ4v) is 5.18. The zero-order chi connectivity index (χ0) is 28.4. The van der Waals surface area contributed by atoms with Crippen molar-refractivity contribution in [2.75, 3.05) is 16.8 Å². The van der Waals surface area contributed by atoms with Crippen LogP contribution in [0.15, 0.2) is 30.6 Å². The van der Waals surface area contributed by atoms with Crippen molar-refractivity contribution in [3.63, 3.8) is 0 Å². The number of hydrogen-bond acceptors (Lipinski definition) is 9. The van der Waals surface area contributed by atoms with Gasteiger partial charge in [-0.15, -0.1) is 0 Å². The fourth-order valence-electron chi connectivity index (χ4n) is 5.08. The molecule has 0 spiro atoms. The number of ketones is 1. The molecule has 1 aliphatic carbocycles. The molecule has 2 aromatic heterocycles. The number of carbonyl (C=O) groups is 2. The van der Waals surface area contributed by atoms with Crippen molar-refractivity contribution >= 4 is 41.0 Å². The first kappa shape index (κ1) is 27.2. The predicted octanol–water partition coefficient (Wildman–Crippen LogP) is 4.72. The number of nitrogens with zero attached hydrogens (tertiary/aromatic N) is 5. The summed E-state index contributed by atoms with van der Waals surface area (Å²) in [6.45, 7) is 4.09. The summed E-state index contributed by atoms with van der Waals surface area (Å²) in [6, 6.07) is 7.60. The highest BCUT2D eigenvalue weighted by atomic mass is 35.5. The number of carbonyl (C=O) groups excluding carboxylic acids is 2. The van der Waals surface area contributed by atoms with Gasteiger partial charge in [0.25, 0.3) is 5.91 Å². The van der Waals surface area contributed by atoms with Crippen molar-refractivity contribution in [3.05, 3.63) is 58.3 Å². The molecule has 1 fully saturated rings. The molecule has 1 unspecified atom stereocenters. The monoisotopic (exact) mass is 557 g/mol. The number of nitrogens with one attached hydrogen (secondary N) is 2. The third-order valence-electron chi connectivity index (χ3n) is 6.92. The lowest BCUT2D eigenvalue weighted by molar-refractivity contribution is -0.121. The van der Waals surface area contributed by atoms with E-state index < -0.39 is 0 Å². The first-order chi connectivity index (χ1) is 19.3. The Kier molecular flexibility index (Phi) is 7.76. The van der Waals surface area contributed by atoms with Crippen molar-refractivity contribution < 1.29 is 14.3 Å². The molecular weight excluding hydrogens is 530 g/mol. The zero-order valence-corrected chi connectivity index (χ0v) is 23.0. The lowest BCUT2D eigenvalue weighted by atomic mass is 9.91. The van der Waals surface area contributed by atoms with E-state index in [1.807, 2.05) is 6.07 Å². The van der Waals surface area contributed by atoms with Gasteiger partial charge in [-0.2, -0.15) is 5.26 Å². The molecule has 40 heavy (non-hydrogen) atoms. The van der Waals surface area contributed by atoms with Crippen LogP contribution >= 0.6 is 11.6 Å². The minimum absolute atomic E-state index is 0.0760. The molecule has 5 rings (SSSR count). The Morgan fingerprint density at radius 1 is 1.30 bits per heavy atom. The second-order valence-corrected chi connectivity index (χ2v) is 10.8. The molecule has 0 bridgehead atoms. The Labute approximate surface area is 236 Å². The number of halogens is 1. The van der Waals surface area contributed by atoms with Gasteiger partial charge in [0.05, 0.1) is 28.5 Å². The molecule has 1 atom stereocenters. The molecule has 2 aliphatic rings. The molecule has 0 radical (unpaired) electrons. The Morgan fingerprint density at radius 2 is 2.08 bits per heavy atom. The van der Waals surface area contributed by atoms with Crippen LogP contribution in [0.1, 0.15) is 55.8 Å².